The molecule has 10 nitrogen and oxygen atoms in total. The highest BCUT2D eigenvalue weighted by Crippen LogP contribution is 2.22. The van der Waals surface area contributed by atoms with Crippen molar-refractivity contribution in [3.05, 3.63) is 59.9 Å². The largest absolute Gasteiger partial charge is 0.341 e. The number of urea groups is 1. The Kier molecular flexibility index (Phi) is 7.66. The minimum atomic E-state index is -0.846. The number of carbonyl (C=O) groups is 2. The summed E-state index contributed by atoms with van der Waals surface area (Å²) in [7, 11) is 1.73. The zero-order chi connectivity index (χ0) is 24.8. The average molecular weight is 481 g/mol. The molecule has 2 unspecified atom stereocenters. The molecule has 0 radical (unpaired) electrons. The van der Waals surface area contributed by atoms with Crippen molar-refractivity contribution in [2.75, 3.05) is 25.0 Å². The quantitative estimate of drug-likeness (QED) is 0.474. The van der Waals surface area contributed by atoms with Crippen LogP contribution in [0.4, 0.5) is 14.9 Å². The van der Waals surface area contributed by atoms with Gasteiger partial charge in [0.2, 0.25) is 5.91 Å². The molecule has 0 bridgehead atoms. The lowest BCUT2D eigenvalue weighted by Crippen LogP contribution is -2.52. The van der Waals surface area contributed by atoms with E-state index in [2.05, 4.69) is 26.2 Å². The number of aryl methyl sites for hydroxylation is 1. The number of nitrogens with zero attached hydrogens (tertiary/aromatic N) is 5. The second-order valence-corrected chi connectivity index (χ2v) is 8.77. The molecule has 4 N–H and O–H groups in total. The first kappa shape index (κ1) is 24.3. The molecule has 1 fully saturated rings. The van der Waals surface area contributed by atoms with Gasteiger partial charge in [0, 0.05) is 37.9 Å². The van der Waals surface area contributed by atoms with Gasteiger partial charge in [-0.3, -0.25) is 4.79 Å². The van der Waals surface area contributed by atoms with Gasteiger partial charge < -0.3 is 21.3 Å². The minimum Gasteiger partial charge on any atom is -0.341 e. The third-order valence-corrected chi connectivity index (χ3v) is 6.07. The van der Waals surface area contributed by atoms with E-state index in [1.165, 1.54) is 16.8 Å². The van der Waals surface area contributed by atoms with Crippen molar-refractivity contribution in [3.8, 4) is 11.4 Å². The normalized spacial score (nSPS) is 16.5. The number of tetrazole rings is 1. The van der Waals surface area contributed by atoms with E-state index in [9.17, 15) is 14.0 Å². The Morgan fingerprint density at radius 2 is 2.03 bits per heavy atom. The molecule has 1 aromatic heterocycles. The average Bonchev–Trinajstić information content (AvgIpc) is 3.29. The first-order valence-corrected chi connectivity index (χ1v) is 11.6. The maximum atomic E-state index is 13.2. The fraction of sp³-hybridized carbons (Fsp3) is 0.375. The van der Waals surface area contributed by atoms with Gasteiger partial charge >= 0.3 is 6.03 Å². The van der Waals surface area contributed by atoms with Crippen LogP contribution in [-0.2, 0) is 18.3 Å². The lowest BCUT2D eigenvalue weighted by Gasteiger charge is -2.34. The number of halogens is 1. The summed E-state index contributed by atoms with van der Waals surface area (Å²) in [5.41, 5.74) is 8.47. The summed E-state index contributed by atoms with van der Waals surface area (Å²) in [6.45, 7) is 1.25. The number of nitrogens with one attached hydrogen (secondary N) is 2. The second kappa shape index (κ2) is 11.0. The first-order chi connectivity index (χ1) is 16.9. The van der Waals surface area contributed by atoms with Crippen molar-refractivity contribution >= 4 is 17.6 Å². The molecule has 4 rings (SSSR count). The number of carbonyl (C=O) groups excluding carboxylic acids is 2. The molecule has 2 atom stereocenters. The van der Waals surface area contributed by atoms with E-state index in [-0.39, 0.29) is 24.2 Å². The van der Waals surface area contributed by atoms with Crippen LogP contribution < -0.4 is 16.4 Å². The third kappa shape index (κ3) is 6.38. The van der Waals surface area contributed by atoms with Gasteiger partial charge in [0.25, 0.3) is 0 Å². The number of anilines is 1. The van der Waals surface area contributed by atoms with E-state index < -0.39 is 12.1 Å². The van der Waals surface area contributed by atoms with Gasteiger partial charge in [-0.1, -0.05) is 24.3 Å². The van der Waals surface area contributed by atoms with Crippen LogP contribution >= 0.6 is 0 Å². The summed E-state index contributed by atoms with van der Waals surface area (Å²) >= 11 is 0. The molecule has 184 valence electrons. The summed E-state index contributed by atoms with van der Waals surface area (Å²) < 4.78 is 14.7. The number of hydrogen-bond acceptors (Lipinski definition) is 6. The van der Waals surface area contributed by atoms with Crippen molar-refractivity contribution < 1.29 is 14.0 Å². The Balaban J connectivity index is 1.26. The zero-order valence-corrected chi connectivity index (χ0v) is 19.5. The van der Waals surface area contributed by atoms with Gasteiger partial charge in [-0.25, -0.2) is 13.9 Å². The third-order valence-electron chi connectivity index (χ3n) is 6.07. The lowest BCUT2D eigenvalue weighted by atomic mass is 9.91. The maximum Gasteiger partial charge on any atom is 0.319 e. The molecule has 3 amide bonds. The molecule has 1 aliphatic rings. The smallest absolute Gasteiger partial charge is 0.319 e. The SMILES string of the molecule is Cn1nnnc1-c1cccc(NC(=O)NCC(N)C(=O)N2CCCC(Cc3ccc(F)cc3)C2)c1. The van der Waals surface area contributed by atoms with Gasteiger partial charge in [0.15, 0.2) is 5.82 Å². The van der Waals surface area contributed by atoms with Gasteiger partial charge in [-0.2, -0.15) is 0 Å². The van der Waals surface area contributed by atoms with Crippen LogP contribution in [0.15, 0.2) is 48.5 Å². The number of piperidine rings is 1. The summed E-state index contributed by atoms with van der Waals surface area (Å²) in [6, 6.07) is 12.3. The summed E-state index contributed by atoms with van der Waals surface area (Å²) in [5, 5.41) is 16.8. The molecular formula is C24H29FN8O2. The number of benzene rings is 2. The van der Waals surface area contributed by atoms with E-state index in [0.717, 1.165) is 30.4 Å². The standard InChI is InChI=1S/C24H29FN8O2/c1-32-22(29-30-31-32)18-5-2-6-20(13-18)28-24(35)27-14-21(26)23(34)33-11-3-4-17(15-33)12-16-7-9-19(25)10-8-16/h2,5-10,13,17,21H,3-4,11-12,14-15,26H2,1H3,(H2,27,28,35). The molecular weight excluding hydrogens is 451 g/mol. The highest BCUT2D eigenvalue weighted by molar-refractivity contribution is 5.90. The Hall–Kier alpha value is -3.86. The first-order valence-electron chi connectivity index (χ1n) is 11.6. The molecule has 0 spiro atoms. The van der Waals surface area contributed by atoms with E-state index >= 15 is 0 Å². The number of hydrogen-bond donors (Lipinski definition) is 3. The Morgan fingerprint density at radius 3 is 2.77 bits per heavy atom. The van der Waals surface area contributed by atoms with Crippen LogP contribution in [0, 0.1) is 11.7 Å². The van der Waals surface area contributed by atoms with E-state index in [4.69, 9.17) is 5.73 Å². The van der Waals surface area contributed by atoms with E-state index in [0.29, 0.717) is 24.6 Å². The molecule has 1 aliphatic heterocycles. The summed E-state index contributed by atoms with van der Waals surface area (Å²) in [5.74, 6) is 0.414. The van der Waals surface area contributed by atoms with Gasteiger partial charge in [0.05, 0.1) is 0 Å². The van der Waals surface area contributed by atoms with Crippen molar-refractivity contribution in [1.29, 1.82) is 0 Å². The number of nitrogens with two attached hydrogens (primary N) is 1. The molecule has 11 heteroatoms. The predicted octanol–water partition coefficient (Wildman–Crippen LogP) is 1.95. The van der Waals surface area contributed by atoms with Gasteiger partial charge in [0.1, 0.15) is 11.9 Å². The number of likely N-dealkylation sites (tertiary alicyclic amines) is 1. The van der Waals surface area contributed by atoms with Crippen LogP contribution in [0.2, 0.25) is 0 Å². The van der Waals surface area contributed by atoms with Crippen LogP contribution in [0.3, 0.4) is 0 Å². The topological polar surface area (TPSA) is 131 Å². The fourth-order valence-electron chi connectivity index (χ4n) is 4.30. The molecule has 35 heavy (non-hydrogen) atoms. The van der Waals surface area contributed by atoms with Crippen LogP contribution in [-0.4, -0.2) is 62.7 Å². The highest BCUT2D eigenvalue weighted by Gasteiger charge is 2.27. The van der Waals surface area contributed by atoms with Crippen molar-refractivity contribution in [3.63, 3.8) is 0 Å². The summed E-state index contributed by atoms with van der Waals surface area (Å²) in [6.07, 6.45) is 2.67. The molecule has 1 saturated heterocycles. The van der Waals surface area contributed by atoms with Crippen molar-refractivity contribution in [2.24, 2.45) is 18.7 Å². The molecule has 3 aromatic rings. The van der Waals surface area contributed by atoms with Crippen LogP contribution in [0.25, 0.3) is 11.4 Å². The van der Waals surface area contributed by atoms with E-state index in [1.807, 2.05) is 6.07 Å². The number of aromatic nitrogens is 4. The monoisotopic (exact) mass is 480 g/mol. The van der Waals surface area contributed by atoms with Crippen molar-refractivity contribution in [2.45, 2.75) is 25.3 Å². The van der Waals surface area contributed by atoms with Gasteiger partial charge in [-0.05, 0) is 65.4 Å². The Bertz CT molecular complexity index is 1170. The molecule has 0 aliphatic carbocycles. The van der Waals surface area contributed by atoms with E-state index in [1.54, 1.807) is 42.3 Å². The Labute approximate surface area is 202 Å². The minimum absolute atomic E-state index is 0.0106. The maximum absolute atomic E-state index is 13.2. The number of amides is 3. The van der Waals surface area contributed by atoms with Crippen LogP contribution in [0.1, 0.15) is 18.4 Å². The molecule has 2 heterocycles. The molecule has 2 aromatic carbocycles. The highest BCUT2D eigenvalue weighted by atomic mass is 19.1. The lowest BCUT2D eigenvalue weighted by molar-refractivity contribution is -0.134. The fourth-order valence-corrected chi connectivity index (χ4v) is 4.30. The summed E-state index contributed by atoms with van der Waals surface area (Å²) in [4.78, 5) is 27.0. The zero-order valence-electron chi connectivity index (χ0n) is 19.5. The number of rotatable bonds is 7. The molecule has 0 saturated carbocycles. The second-order valence-electron chi connectivity index (χ2n) is 8.77. The van der Waals surface area contributed by atoms with Gasteiger partial charge in [-0.15, -0.1) is 5.10 Å². The van der Waals surface area contributed by atoms with Crippen LogP contribution in [0.5, 0.6) is 0 Å². The Morgan fingerprint density at radius 1 is 1.23 bits per heavy atom. The van der Waals surface area contributed by atoms with Crippen molar-refractivity contribution in [1.82, 2.24) is 30.4 Å². The predicted molar refractivity (Wildman–Crippen MR) is 129 cm³/mol.